The maximum Gasteiger partial charge on any atom is 0.324 e. The highest BCUT2D eigenvalue weighted by atomic mass is 32.2. The Balaban J connectivity index is 1.72. The molecule has 3 rings (SSSR count). The van der Waals surface area contributed by atoms with Crippen molar-refractivity contribution in [2.75, 3.05) is 6.54 Å². The first-order chi connectivity index (χ1) is 14.3. The molecule has 9 nitrogen and oxygen atoms in total. The van der Waals surface area contributed by atoms with Gasteiger partial charge in [0.05, 0.1) is 4.90 Å². The smallest absolute Gasteiger partial charge is 0.324 e. The first-order valence-corrected chi connectivity index (χ1v) is 11.4. The second-order valence-electron chi connectivity index (χ2n) is 7.17. The summed E-state index contributed by atoms with van der Waals surface area (Å²) in [6.45, 7) is 3.42. The van der Waals surface area contributed by atoms with Gasteiger partial charge in [-0.15, -0.1) is 0 Å². The molecule has 0 N–H and O–H groups in total. The van der Waals surface area contributed by atoms with Gasteiger partial charge in [0.15, 0.2) is 18.2 Å². The van der Waals surface area contributed by atoms with E-state index in [2.05, 4.69) is 10.1 Å². The highest BCUT2D eigenvalue weighted by Gasteiger charge is 2.38. The molecule has 1 aromatic carbocycles. The normalized spacial score (nSPS) is 17.6. The first-order valence-electron chi connectivity index (χ1n) is 9.94. The fourth-order valence-electron chi connectivity index (χ4n) is 3.33. The second-order valence-corrected chi connectivity index (χ2v) is 9.06. The molecular formula is C20H25N3O6S. The fourth-order valence-corrected chi connectivity index (χ4v) is 4.98. The molecule has 10 heteroatoms. The van der Waals surface area contributed by atoms with Crippen LogP contribution in [0.15, 0.2) is 33.7 Å². The number of sulfonamides is 1. The van der Waals surface area contributed by atoms with Gasteiger partial charge in [-0.05, 0) is 44.7 Å². The summed E-state index contributed by atoms with van der Waals surface area (Å²) >= 11 is 0. The summed E-state index contributed by atoms with van der Waals surface area (Å²) in [5, 5.41) is 3.80. The molecule has 1 atom stereocenters. The number of ketones is 1. The number of ether oxygens (including phenoxy) is 1. The Kier molecular flexibility index (Phi) is 6.99. The number of carbonyl (C=O) groups excluding carboxylic acids is 2. The van der Waals surface area contributed by atoms with Crippen LogP contribution in [0.5, 0.6) is 0 Å². The van der Waals surface area contributed by atoms with Crippen LogP contribution in [0.1, 0.15) is 61.6 Å². The van der Waals surface area contributed by atoms with Gasteiger partial charge in [-0.2, -0.15) is 9.29 Å². The lowest BCUT2D eigenvalue weighted by Gasteiger charge is -2.32. The summed E-state index contributed by atoms with van der Waals surface area (Å²) in [4.78, 5) is 28.3. The van der Waals surface area contributed by atoms with E-state index in [0.717, 1.165) is 12.8 Å². The van der Waals surface area contributed by atoms with Crippen molar-refractivity contribution in [3.05, 3.63) is 41.5 Å². The van der Waals surface area contributed by atoms with Crippen molar-refractivity contribution in [1.82, 2.24) is 14.4 Å². The van der Waals surface area contributed by atoms with E-state index in [1.807, 2.05) is 6.92 Å². The van der Waals surface area contributed by atoms with E-state index >= 15 is 0 Å². The summed E-state index contributed by atoms with van der Waals surface area (Å²) < 4.78 is 37.8. The zero-order chi connectivity index (χ0) is 21.7. The van der Waals surface area contributed by atoms with Crippen molar-refractivity contribution >= 4 is 21.8 Å². The van der Waals surface area contributed by atoms with Crippen LogP contribution in [0, 0.1) is 0 Å². The molecule has 0 aliphatic carbocycles. The van der Waals surface area contributed by atoms with Crippen LogP contribution >= 0.6 is 0 Å². The lowest BCUT2D eigenvalue weighted by atomic mass is 10.1. The molecule has 30 heavy (non-hydrogen) atoms. The standard InChI is InChI=1S/C20H25N3O6S/c1-3-6-18-21-19(29-22-18)13-28-20(25)17-7-4-5-12-23(17)30(26,27)16-10-8-15(9-11-16)14(2)24/h8-11,17H,3-7,12-13H2,1-2H3. The summed E-state index contributed by atoms with van der Waals surface area (Å²) in [6, 6.07) is 4.79. The summed E-state index contributed by atoms with van der Waals surface area (Å²) in [7, 11) is -3.92. The Labute approximate surface area is 175 Å². The lowest BCUT2D eigenvalue weighted by molar-refractivity contribution is -0.151. The number of hydrogen-bond acceptors (Lipinski definition) is 8. The Morgan fingerprint density at radius 3 is 2.63 bits per heavy atom. The third-order valence-corrected chi connectivity index (χ3v) is 6.84. The summed E-state index contributed by atoms with van der Waals surface area (Å²) in [6.07, 6.45) is 3.26. The van der Waals surface area contributed by atoms with Gasteiger partial charge < -0.3 is 9.26 Å². The van der Waals surface area contributed by atoms with E-state index in [-0.39, 0.29) is 29.7 Å². The van der Waals surface area contributed by atoms with Crippen LogP contribution < -0.4 is 0 Å². The van der Waals surface area contributed by atoms with E-state index in [9.17, 15) is 18.0 Å². The number of piperidine rings is 1. The molecule has 162 valence electrons. The highest BCUT2D eigenvalue weighted by Crippen LogP contribution is 2.26. The van der Waals surface area contributed by atoms with Gasteiger partial charge in [0, 0.05) is 18.5 Å². The lowest BCUT2D eigenvalue weighted by Crippen LogP contribution is -2.48. The van der Waals surface area contributed by atoms with Crippen LogP contribution in [-0.4, -0.2) is 47.2 Å². The molecule has 0 saturated carbocycles. The minimum absolute atomic E-state index is 0.0355. The topological polar surface area (TPSA) is 120 Å². The minimum Gasteiger partial charge on any atom is -0.454 e. The van der Waals surface area contributed by atoms with Gasteiger partial charge in [0.25, 0.3) is 5.89 Å². The van der Waals surface area contributed by atoms with Crippen molar-refractivity contribution in [3.63, 3.8) is 0 Å². The minimum atomic E-state index is -3.92. The molecule has 0 amide bonds. The number of Topliss-reactive ketones (excluding diaryl/α,β-unsaturated/α-hetero) is 1. The average molecular weight is 436 g/mol. The van der Waals surface area contributed by atoms with Gasteiger partial charge in [-0.25, -0.2) is 8.42 Å². The number of esters is 1. The first kappa shape index (κ1) is 22.1. The molecule has 1 aliphatic heterocycles. The second kappa shape index (κ2) is 9.48. The monoisotopic (exact) mass is 435 g/mol. The summed E-state index contributed by atoms with van der Waals surface area (Å²) in [5.41, 5.74) is 0.422. The largest absolute Gasteiger partial charge is 0.454 e. The zero-order valence-electron chi connectivity index (χ0n) is 17.0. The number of carbonyl (C=O) groups is 2. The highest BCUT2D eigenvalue weighted by molar-refractivity contribution is 7.89. The maximum atomic E-state index is 13.1. The van der Waals surface area contributed by atoms with Gasteiger partial charge in [-0.3, -0.25) is 9.59 Å². The van der Waals surface area contributed by atoms with E-state index in [0.29, 0.717) is 30.7 Å². The maximum absolute atomic E-state index is 13.1. The Hall–Kier alpha value is -2.59. The third kappa shape index (κ3) is 4.93. The van der Waals surface area contributed by atoms with E-state index in [4.69, 9.17) is 9.26 Å². The van der Waals surface area contributed by atoms with Crippen molar-refractivity contribution in [2.45, 2.75) is 63.5 Å². The average Bonchev–Trinajstić information content (AvgIpc) is 3.20. The predicted molar refractivity (Wildman–Crippen MR) is 106 cm³/mol. The molecule has 2 heterocycles. The van der Waals surface area contributed by atoms with Crippen molar-refractivity contribution in [1.29, 1.82) is 0 Å². The molecule has 2 aromatic rings. The number of benzene rings is 1. The van der Waals surface area contributed by atoms with E-state index < -0.39 is 22.0 Å². The molecule has 1 aromatic heterocycles. The third-order valence-electron chi connectivity index (χ3n) is 4.91. The van der Waals surface area contributed by atoms with Gasteiger partial charge in [0.2, 0.25) is 10.0 Å². The van der Waals surface area contributed by atoms with Crippen LogP contribution in [0.4, 0.5) is 0 Å². The number of aryl methyl sites for hydroxylation is 1. The Bertz CT molecular complexity index is 1000. The molecule has 0 radical (unpaired) electrons. The van der Waals surface area contributed by atoms with Crippen molar-refractivity contribution in [2.24, 2.45) is 0 Å². The van der Waals surface area contributed by atoms with Gasteiger partial charge in [0.1, 0.15) is 6.04 Å². The van der Waals surface area contributed by atoms with Crippen LogP contribution in [0.2, 0.25) is 0 Å². The van der Waals surface area contributed by atoms with E-state index in [1.54, 1.807) is 0 Å². The molecule has 1 unspecified atom stereocenters. The zero-order valence-corrected chi connectivity index (χ0v) is 17.9. The van der Waals surface area contributed by atoms with Crippen LogP contribution in [-0.2, 0) is 32.6 Å². The molecule has 1 saturated heterocycles. The Morgan fingerprint density at radius 1 is 1.23 bits per heavy atom. The number of aromatic nitrogens is 2. The van der Waals surface area contributed by atoms with Gasteiger partial charge >= 0.3 is 5.97 Å². The number of nitrogens with zero attached hydrogens (tertiary/aromatic N) is 3. The van der Waals surface area contributed by atoms with Gasteiger partial charge in [-0.1, -0.05) is 24.2 Å². The molecule has 0 spiro atoms. The predicted octanol–water partition coefficient (Wildman–Crippen LogP) is 2.51. The fraction of sp³-hybridized carbons (Fsp3) is 0.500. The molecule has 1 aliphatic rings. The van der Waals surface area contributed by atoms with Crippen LogP contribution in [0.25, 0.3) is 0 Å². The van der Waals surface area contributed by atoms with Crippen molar-refractivity contribution in [3.8, 4) is 0 Å². The van der Waals surface area contributed by atoms with E-state index in [1.165, 1.54) is 35.5 Å². The SMILES string of the molecule is CCCc1noc(COC(=O)C2CCCCN2S(=O)(=O)c2ccc(C(C)=O)cc2)n1. The number of rotatable bonds is 8. The number of hydrogen-bond donors (Lipinski definition) is 0. The summed E-state index contributed by atoms with van der Waals surface area (Å²) in [5.74, 6) is -0.0772. The quantitative estimate of drug-likeness (QED) is 0.458. The molecular weight excluding hydrogens is 410 g/mol. The van der Waals surface area contributed by atoms with Crippen LogP contribution in [0.3, 0.4) is 0 Å². The molecule has 0 bridgehead atoms. The van der Waals surface area contributed by atoms with Crippen molar-refractivity contribution < 1.29 is 27.3 Å². The Morgan fingerprint density at radius 2 is 1.97 bits per heavy atom. The molecule has 1 fully saturated rings.